The van der Waals surface area contributed by atoms with Crippen LogP contribution in [0.5, 0.6) is 11.5 Å². The zero-order valence-electron chi connectivity index (χ0n) is 18.3. The van der Waals surface area contributed by atoms with Crippen molar-refractivity contribution in [3.8, 4) is 17.6 Å². The van der Waals surface area contributed by atoms with E-state index in [1.807, 2.05) is 56.3 Å². The molecule has 0 N–H and O–H groups in total. The highest BCUT2D eigenvalue weighted by molar-refractivity contribution is 5.87. The molecule has 2 aliphatic carbocycles. The van der Waals surface area contributed by atoms with E-state index in [1.165, 1.54) is 18.2 Å². The number of hydrogen-bond acceptors (Lipinski definition) is 4. The Morgan fingerprint density at radius 2 is 1.79 bits per heavy atom. The van der Waals surface area contributed by atoms with Crippen LogP contribution < -0.4 is 4.74 Å². The number of halogens is 1. The van der Waals surface area contributed by atoms with Gasteiger partial charge in [0.1, 0.15) is 11.8 Å². The van der Waals surface area contributed by atoms with Gasteiger partial charge in [0.25, 0.3) is 0 Å². The van der Waals surface area contributed by atoms with E-state index in [9.17, 15) is 14.4 Å². The van der Waals surface area contributed by atoms with Gasteiger partial charge in [-0.1, -0.05) is 74.5 Å². The van der Waals surface area contributed by atoms with Gasteiger partial charge in [0.2, 0.25) is 6.10 Å². The third kappa shape index (κ3) is 3.22. The molecule has 0 radical (unpaired) electrons. The highest BCUT2D eigenvalue weighted by Gasteiger charge is 2.75. The van der Waals surface area contributed by atoms with E-state index >= 15 is 0 Å². The van der Waals surface area contributed by atoms with Crippen LogP contribution in [0.15, 0.2) is 78.9 Å². The predicted molar refractivity (Wildman–Crippen MR) is 122 cm³/mol. The molecule has 164 valence electrons. The molecule has 3 unspecified atom stereocenters. The van der Waals surface area contributed by atoms with Gasteiger partial charge < -0.3 is 9.47 Å². The van der Waals surface area contributed by atoms with Crippen LogP contribution in [0.25, 0.3) is 6.08 Å². The minimum Gasteiger partial charge on any atom is -0.454 e. The number of nitrogens with zero attached hydrogens (tertiary/aromatic N) is 1. The molecular weight excluding hydrogens is 417 g/mol. The van der Waals surface area contributed by atoms with Crippen molar-refractivity contribution >= 4 is 12.0 Å². The van der Waals surface area contributed by atoms with E-state index in [0.29, 0.717) is 11.3 Å². The summed E-state index contributed by atoms with van der Waals surface area (Å²) in [6.45, 7) is 4.08. The zero-order valence-corrected chi connectivity index (χ0v) is 18.3. The molecule has 0 aliphatic heterocycles. The number of esters is 1. The topological polar surface area (TPSA) is 59.3 Å². The number of rotatable bonds is 5. The molecule has 1 saturated carbocycles. The van der Waals surface area contributed by atoms with Crippen LogP contribution in [0.3, 0.4) is 0 Å². The third-order valence-corrected chi connectivity index (χ3v) is 6.91. The Kier molecular flexibility index (Phi) is 4.83. The second-order valence-corrected chi connectivity index (χ2v) is 9.00. The second-order valence-electron chi connectivity index (χ2n) is 9.00. The number of para-hydroxylation sites is 1. The average Bonchev–Trinajstić information content (AvgIpc) is 3.10. The predicted octanol–water partition coefficient (Wildman–Crippen LogP) is 6.35. The summed E-state index contributed by atoms with van der Waals surface area (Å²) in [6, 6.07) is 22.9. The standard InChI is InChI=1S/C28H22FNO3/c1-27(2)25(28(27)15-14-18-8-6-7-11-21(18)28)26(31)33-24(17-30)19-12-13-22(29)23(16-19)32-20-9-4-3-5-10-20/h3-16,24-25H,1-2H3. The molecule has 1 fully saturated rings. The Labute approximate surface area is 191 Å². The summed E-state index contributed by atoms with van der Waals surface area (Å²) < 4.78 is 25.6. The molecule has 5 heteroatoms. The lowest BCUT2D eigenvalue weighted by Crippen LogP contribution is -2.17. The summed E-state index contributed by atoms with van der Waals surface area (Å²) in [5, 5.41) is 9.75. The lowest BCUT2D eigenvalue weighted by molar-refractivity contribution is -0.149. The van der Waals surface area contributed by atoms with Crippen LogP contribution in [-0.4, -0.2) is 5.97 Å². The van der Waals surface area contributed by atoms with Gasteiger partial charge in [0, 0.05) is 11.0 Å². The molecular formula is C28H22FNO3. The Hall–Kier alpha value is -3.91. The fourth-order valence-electron chi connectivity index (χ4n) is 5.15. The average molecular weight is 439 g/mol. The molecule has 4 nitrogen and oxygen atoms in total. The summed E-state index contributed by atoms with van der Waals surface area (Å²) in [7, 11) is 0. The first-order valence-corrected chi connectivity index (χ1v) is 10.8. The molecule has 0 bridgehead atoms. The monoisotopic (exact) mass is 439 g/mol. The lowest BCUT2D eigenvalue weighted by atomic mass is 9.90. The van der Waals surface area contributed by atoms with E-state index in [2.05, 4.69) is 6.08 Å². The minimum absolute atomic E-state index is 0.0362. The number of nitriles is 1. The molecule has 33 heavy (non-hydrogen) atoms. The minimum atomic E-state index is -1.18. The fourth-order valence-corrected chi connectivity index (χ4v) is 5.15. The van der Waals surface area contributed by atoms with Gasteiger partial charge in [0.15, 0.2) is 11.6 Å². The molecule has 0 heterocycles. The van der Waals surface area contributed by atoms with Gasteiger partial charge in [-0.15, -0.1) is 0 Å². The maximum Gasteiger partial charge on any atom is 0.312 e. The number of benzene rings is 3. The van der Waals surface area contributed by atoms with E-state index in [-0.39, 0.29) is 11.2 Å². The molecule has 5 rings (SSSR count). The van der Waals surface area contributed by atoms with Crippen molar-refractivity contribution < 1.29 is 18.7 Å². The van der Waals surface area contributed by atoms with Gasteiger partial charge in [-0.3, -0.25) is 4.79 Å². The van der Waals surface area contributed by atoms with Crippen LogP contribution in [0, 0.1) is 28.5 Å². The fraction of sp³-hybridized carbons (Fsp3) is 0.214. The van der Waals surface area contributed by atoms with Crippen molar-refractivity contribution in [2.24, 2.45) is 11.3 Å². The van der Waals surface area contributed by atoms with Gasteiger partial charge in [-0.25, -0.2) is 4.39 Å². The molecule has 2 aliphatic rings. The van der Waals surface area contributed by atoms with Crippen LogP contribution >= 0.6 is 0 Å². The van der Waals surface area contributed by atoms with Crippen LogP contribution in [0.4, 0.5) is 4.39 Å². The van der Waals surface area contributed by atoms with Gasteiger partial charge in [-0.05, 0) is 40.8 Å². The first-order chi connectivity index (χ1) is 15.9. The molecule has 3 aromatic carbocycles. The molecule has 1 spiro atoms. The normalized spacial score (nSPS) is 22.3. The quantitative estimate of drug-likeness (QED) is 0.435. The van der Waals surface area contributed by atoms with E-state index in [4.69, 9.17) is 9.47 Å². The van der Waals surface area contributed by atoms with Crippen LogP contribution in [-0.2, 0) is 14.9 Å². The smallest absolute Gasteiger partial charge is 0.312 e. The SMILES string of the molecule is CC1(C)C(C(=O)OC(C#N)c2ccc(F)c(Oc3ccccc3)c2)C12C=Cc1ccccc12. The number of carbonyl (C=O) groups is 1. The maximum absolute atomic E-state index is 14.3. The highest BCUT2D eigenvalue weighted by Crippen LogP contribution is 2.73. The molecule has 3 aromatic rings. The molecule has 0 saturated heterocycles. The van der Waals surface area contributed by atoms with Gasteiger partial charge in [-0.2, -0.15) is 5.26 Å². The molecule has 0 amide bonds. The first kappa shape index (κ1) is 21.0. The lowest BCUT2D eigenvalue weighted by Gasteiger charge is -2.15. The molecule has 0 aromatic heterocycles. The largest absolute Gasteiger partial charge is 0.454 e. The summed E-state index contributed by atoms with van der Waals surface area (Å²) in [5.41, 5.74) is 1.76. The summed E-state index contributed by atoms with van der Waals surface area (Å²) in [5.74, 6) is -0.997. The number of allylic oxidation sites excluding steroid dienone is 1. The van der Waals surface area contributed by atoms with Crippen molar-refractivity contribution in [3.05, 3.63) is 101 Å². The second kappa shape index (κ2) is 7.60. The number of fused-ring (bicyclic) bond motifs is 2. The van der Waals surface area contributed by atoms with E-state index in [1.54, 1.807) is 24.3 Å². The number of carbonyl (C=O) groups excluding carboxylic acids is 1. The van der Waals surface area contributed by atoms with Crippen LogP contribution in [0.2, 0.25) is 0 Å². The Morgan fingerprint density at radius 3 is 2.55 bits per heavy atom. The maximum atomic E-state index is 14.3. The van der Waals surface area contributed by atoms with Crippen molar-refractivity contribution in [3.63, 3.8) is 0 Å². The Balaban J connectivity index is 1.39. The number of hydrogen-bond donors (Lipinski definition) is 0. The summed E-state index contributed by atoms with van der Waals surface area (Å²) >= 11 is 0. The highest BCUT2D eigenvalue weighted by atomic mass is 19.1. The van der Waals surface area contributed by atoms with Crippen molar-refractivity contribution in [1.82, 2.24) is 0 Å². The Morgan fingerprint density at radius 1 is 1.06 bits per heavy atom. The molecule has 3 atom stereocenters. The van der Waals surface area contributed by atoms with Crippen molar-refractivity contribution in [2.45, 2.75) is 25.4 Å². The van der Waals surface area contributed by atoms with Crippen LogP contribution in [0.1, 0.15) is 36.6 Å². The van der Waals surface area contributed by atoms with E-state index in [0.717, 1.165) is 11.1 Å². The zero-order chi connectivity index (χ0) is 23.2. The number of ether oxygens (including phenoxy) is 2. The van der Waals surface area contributed by atoms with Gasteiger partial charge in [0.05, 0.1) is 5.92 Å². The van der Waals surface area contributed by atoms with Gasteiger partial charge >= 0.3 is 5.97 Å². The Bertz CT molecular complexity index is 1310. The van der Waals surface area contributed by atoms with Crippen molar-refractivity contribution in [2.75, 3.05) is 0 Å². The summed E-state index contributed by atoms with van der Waals surface area (Å²) in [6.07, 6.45) is 2.94. The summed E-state index contributed by atoms with van der Waals surface area (Å²) in [4.78, 5) is 13.3. The van der Waals surface area contributed by atoms with Crippen molar-refractivity contribution in [1.29, 1.82) is 5.26 Å². The first-order valence-electron chi connectivity index (χ1n) is 10.8. The third-order valence-electron chi connectivity index (χ3n) is 6.91. The van der Waals surface area contributed by atoms with E-state index < -0.39 is 29.2 Å².